The zero-order chi connectivity index (χ0) is 14.9. The summed E-state index contributed by atoms with van der Waals surface area (Å²) in [6.07, 6.45) is 2.65. The van der Waals surface area contributed by atoms with E-state index in [2.05, 4.69) is 34.5 Å². The maximum atomic E-state index is 13.1. The number of nitrogens with zero attached hydrogens (tertiary/aromatic N) is 1. The van der Waals surface area contributed by atoms with Crippen molar-refractivity contribution in [2.24, 2.45) is 0 Å². The Labute approximate surface area is 131 Å². The Morgan fingerprint density at radius 1 is 1.05 bits per heavy atom. The van der Waals surface area contributed by atoms with Crippen LogP contribution in [0.25, 0.3) is 0 Å². The third kappa shape index (κ3) is 2.86. The summed E-state index contributed by atoms with van der Waals surface area (Å²) in [6.45, 7) is 2.94. The molecule has 22 heavy (non-hydrogen) atoms. The maximum Gasteiger partial charge on any atom is 0.123 e. The standard InChI is InChI=1S/C19H21FN2/c20-16-7-5-14(6-8-16)12-22-13-15(11-21-17-9-10-17)18-3-1-2-4-19(18)22/h1-8,15,17,21H,9-13H2. The molecule has 1 unspecified atom stereocenters. The van der Waals surface area contributed by atoms with Crippen molar-refractivity contribution in [2.75, 3.05) is 18.0 Å². The summed E-state index contributed by atoms with van der Waals surface area (Å²) in [6, 6.07) is 16.3. The van der Waals surface area contributed by atoms with Crippen LogP contribution in [0.15, 0.2) is 48.5 Å². The first-order chi connectivity index (χ1) is 10.8. The van der Waals surface area contributed by atoms with E-state index in [-0.39, 0.29) is 5.82 Å². The van der Waals surface area contributed by atoms with Gasteiger partial charge in [0.15, 0.2) is 0 Å². The van der Waals surface area contributed by atoms with Gasteiger partial charge in [0.25, 0.3) is 0 Å². The van der Waals surface area contributed by atoms with Crippen LogP contribution in [-0.4, -0.2) is 19.1 Å². The van der Waals surface area contributed by atoms with E-state index in [1.807, 2.05) is 12.1 Å². The normalized spacial score (nSPS) is 20.2. The maximum absolute atomic E-state index is 13.1. The summed E-state index contributed by atoms with van der Waals surface area (Å²) in [4.78, 5) is 2.42. The van der Waals surface area contributed by atoms with Gasteiger partial charge in [-0.3, -0.25) is 0 Å². The molecule has 1 saturated carbocycles. The Hall–Kier alpha value is -1.87. The predicted octanol–water partition coefficient (Wildman–Crippen LogP) is 3.68. The molecule has 2 nitrogen and oxygen atoms in total. The van der Waals surface area contributed by atoms with Gasteiger partial charge >= 0.3 is 0 Å². The molecular formula is C19H21FN2. The largest absolute Gasteiger partial charge is 0.366 e. The van der Waals surface area contributed by atoms with Gasteiger partial charge < -0.3 is 10.2 Å². The second-order valence-electron chi connectivity index (χ2n) is 6.45. The Morgan fingerprint density at radius 3 is 2.59 bits per heavy atom. The van der Waals surface area contributed by atoms with Crippen LogP contribution >= 0.6 is 0 Å². The number of anilines is 1. The van der Waals surface area contributed by atoms with Crippen LogP contribution in [0.4, 0.5) is 10.1 Å². The van der Waals surface area contributed by atoms with E-state index in [1.54, 1.807) is 12.1 Å². The van der Waals surface area contributed by atoms with E-state index >= 15 is 0 Å². The molecule has 0 aromatic heterocycles. The zero-order valence-electron chi connectivity index (χ0n) is 12.6. The van der Waals surface area contributed by atoms with Crippen LogP contribution in [0, 0.1) is 5.82 Å². The summed E-state index contributed by atoms with van der Waals surface area (Å²) in [5.74, 6) is 0.384. The van der Waals surface area contributed by atoms with Gasteiger partial charge in [-0.05, 0) is 42.2 Å². The van der Waals surface area contributed by atoms with Crippen molar-refractivity contribution in [2.45, 2.75) is 31.3 Å². The molecule has 1 atom stereocenters. The van der Waals surface area contributed by atoms with Crippen molar-refractivity contribution >= 4 is 5.69 Å². The molecule has 0 spiro atoms. The average Bonchev–Trinajstić information content (AvgIpc) is 3.31. The molecule has 1 aliphatic heterocycles. The minimum Gasteiger partial charge on any atom is -0.366 e. The lowest BCUT2D eigenvalue weighted by Gasteiger charge is -2.20. The van der Waals surface area contributed by atoms with Crippen molar-refractivity contribution in [3.05, 3.63) is 65.5 Å². The first-order valence-corrected chi connectivity index (χ1v) is 8.11. The van der Waals surface area contributed by atoms with Crippen LogP contribution in [0.5, 0.6) is 0 Å². The third-order valence-corrected chi connectivity index (χ3v) is 4.68. The van der Waals surface area contributed by atoms with Gasteiger partial charge in [0, 0.05) is 37.3 Å². The van der Waals surface area contributed by atoms with Gasteiger partial charge in [0.2, 0.25) is 0 Å². The smallest absolute Gasteiger partial charge is 0.123 e. The van der Waals surface area contributed by atoms with Crippen LogP contribution in [0.2, 0.25) is 0 Å². The molecule has 1 N–H and O–H groups in total. The molecule has 0 radical (unpaired) electrons. The molecule has 1 aliphatic carbocycles. The first-order valence-electron chi connectivity index (χ1n) is 8.11. The van der Waals surface area contributed by atoms with Crippen LogP contribution in [0.3, 0.4) is 0 Å². The molecule has 2 aromatic rings. The lowest BCUT2D eigenvalue weighted by atomic mass is 10.0. The number of hydrogen-bond acceptors (Lipinski definition) is 2. The lowest BCUT2D eigenvalue weighted by Crippen LogP contribution is -2.28. The molecular weight excluding hydrogens is 275 g/mol. The highest BCUT2D eigenvalue weighted by atomic mass is 19.1. The van der Waals surface area contributed by atoms with Crippen molar-refractivity contribution in [3.8, 4) is 0 Å². The minimum absolute atomic E-state index is 0.169. The Kier molecular flexibility index (Phi) is 3.59. The van der Waals surface area contributed by atoms with E-state index in [0.29, 0.717) is 5.92 Å². The highest BCUT2D eigenvalue weighted by Crippen LogP contribution is 2.37. The minimum atomic E-state index is -0.169. The molecule has 2 aromatic carbocycles. The van der Waals surface area contributed by atoms with Gasteiger partial charge in [0.05, 0.1) is 0 Å². The molecule has 0 saturated heterocycles. The molecule has 0 bridgehead atoms. The Balaban J connectivity index is 1.51. The zero-order valence-corrected chi connectivity index (χ0v) is 12.6. The fraction of sp³-hybridized carbons (Fsp3) is 0.368. The summed E-state index contributed by atoms with van der Waals surface area (Å²) in [5.41, 5.74) is 3.93. The Bertz CT molecular complexity index is 649. The number of hydrogen-bond donors (Lipinski definition) is 1. The van der Waals surface area contributed by atoms with Gasteiger partial charge in [-0.1, -0.05) is 30.3 Å². The van der Waals surface area contributed by atoms with E-state index in [4.69, 9.17) is 0 Å². The summed E-state index contributed by atoms with van der Waals surface area (Å²) >= 11 is 0. The molecule has 3 heteroatoms. The fourth-order valence-corrected chi connectivity index (χ4v) is 3.31. The third-order valence-electron chi connectivity index (χ3n) is 4.68. The Morgan fingerprint density at radius 2 is 1.82 bits per heavy atom. The second kappa shape index (κ2) is 5.73. The van der Waals surface area contributed by atoms with E-state index in [1.165, 1.54) is 24.1 Å². The van der Waals surface area contributed by atoms with Crippen LogP contribution < -0.4 is 10.2 Å². The summed E-state index contributed by atoms with van der Waals surface area (Å²) in [5, 5.41) is 3.66. The topological polar surface area (TPSA) is 15.3 Å². The number of fused-ring (bicyclic) bond motifs is 1. The highest BCUT2D eigenvalue weighted by molar-refractivity contribution is 5.60. The molecule has 4 rings (SSSR count). The van der Waals surface area contributed by atoms with E-state index < -0.39 is 0 Å². The van der Waals surface area contributed by atoms with Gasteiger partial charge in [-0.25, -0.2) is 4.39 Å². The molecule has 2 aliphatic rings. The first kappa shape index (κ1) is 13.8. The fourth-order valence-electron chi connectivity index (χ4n) is 3.31. The van der Waals surface area contributed by atoms with E-state index in [0.717, 1.165) is 31.2 Å². The SMILES string of the molecule is Fc1ccc(CN2CC(CNC3CC3)c3ccccc32)cc1. The van der Waals surface area contributed by atoms with Crippen molar-refractivity contribution in [1.29, 1.82) is 0 Å². The quantitative estimate of drug-likeness (QED) is 0.905. The number of rotatable bonds is 5. The molecule has 114 valence electrons. The van der Waals surface area contributed by atoms with Gasteiger partial charge in [-0.15, -0.1) is 0 Å². The van der Waals surface area contributed by atoms with Crippen LogP contribution in [-0.2, 0) is 6.54 Å². The average molecular weight is 296 g/mol. The molecule has 1 heterocycles. The van der Waals surface area contributed by atoms with Crippen LogP contribution in [0.1, 0.15) is 29.9 Å². The van der Waals surface area contributed by atoms with Gasteiger partial charge in [-0.2, -0.15) is 0 Å². The monoisotopic (exact) mass is 296 g/mol. The van der Waals surface area contributed by atoms with E-state index in [9.17, 15) is 4.39 Å². The lowest BCUT2D eigenvalue weighted by molar-refractivity contribution is 0.589. The predicted molar refractivity (Wildman–Crippen MR) is 87.7 cm³/mol. The molecule has 0 amide bonds. The highest BCUT2D eigenvalue weighted by Gasteiger charge is 2.30. The second-order valence-corrected chi connectivity index (χ2v) is 6.45. The van der Waals surface area contributed by atoms with Crippen molar-refractivity contribution in [1.82, 2.24) is 5.32 Å². The number of para-hydroxylation sites is 1. The van der Waals surface area contributed by atoms with Crippen molar-refractivity contribution < 1.29 is 4.39 Å². The summed E-state index contributed by atoms with van der Waals surface area (Å²) < 4.78 is 13.1. The molecule has 1 fully saturated rings. The number of nitrogens with one attached hydrogen (secondary N) is 1. The van der Waals surface area contributed by atoms with Crippen molar-refractivity contribution in [3.63, 3.8) is 0 Å². The number of halogens is 1. The van der Waals surface area contributed by atoms with Gasteiger partial charge in [0.1, 0.15) is 5.82 Å². The number of benzene rings is 2. The summed E-state index contributed by atoms with van der Waals surface area (Å²) in [7, 11) is 0.